The molecular formula is C17H24N4S. The van der Waals surface area contributed by atoms with Crippen molar-refractivity contribution in [3.63, 3.8) is 0 Å². The van der Waals surface area contributed by atoms with Gasteiger partial charge in [-0.2, -0.15) is 0 Å². The molecule has 1 unspecified atom stereocenters. The minimum Gasteiger partial charge on any atom is -0.292 e. The molecule has 3 rings (SSSR count). The number of hydrogen-bond acceptors (Lipinski definition) is 5. The normalized spacial score (nSPS) is 19.8. The van der Waals surface area contributed by atoms with Crippen molar-refractivity contribution in [2.45, 2.75) is 59.0 Å². The Balaban J connectivity index is 1.98. The van der Waals surface area contributed by atoms with Gasteiger partial charge in [-0.1, -0.05) is 6.42 Å². The predicted octanol–water partition coefficient (Wildman–Crippen LogP) is 4.15. The van der Waals surface area contributed by atoms with E-state index in [0.29, 0.717) is 12.1 Å². The van der Waals surface area contributed by atoms with Crippen LogP contribution in [-0.4, -0.2) is 32.4 Å². The zero-order valence-corrected chi connectivity index (χ0v) is 14.7. The second-order valence-electron chi connectivity index (χ2n) is 6.36. The lowest BCUT2D eigenvalue weighted by Crippen LogP contribution is -2.39. The fraction of sp³-hybridized carbons (Fsp3) is 0.588. The van der Waals surface area contributed by atoms with Crippen LogP contribution < -0.4 is 0 Å². The zero-order chi connectivity index (χ0) is 15.7. The van der Waals surface area contributed by atoms with E-state index in [9.17, 15) is 0 Å². The molecule has 2 aromatic heterocycles. The summed E-state index contributed by atoms with van der Waals surface area (Å²) < 4.78 is 0. The molecule has 1 atom stereocenters. The minimum atomic E-state index is 0.412. The van der Waals surface area contributed by atoms with Crippen molar-refractivity contribution in [2.24, 2.45) is 0 Å². The third kappa shape index (κ3) is 3.20. The summed E-state index contributed by atoms with van der Waals surface area (Å²) in [5.41, 5.74) is 3.18. The summed E-state index contributed by atoms with van der Waals surface area (Å²) in [7, 11) is 0. The van der Waals surface area contributed by atoms with Gasteiger partial charge in [-0.3, -0.25) is 4.90 Å². The molecule has 0 saturated carbocycles. The Morgan fingerprint density at radius 2 is 2.00 bits per heavy atom. The van der Waals surface area contributed by atoms with E-state index in [1.165, 1.54) is 19.3 Å². The second-order valence-corrected chi connectivity index (χ2v) is 7.22. The van der Waals surface area contributed by atoms with E-state index in [2.05, 4.69) is 40.2 Å². The van der Waals surface area contributed by atoms with Crippen LogP contribution in [0.3, 0.4) is 0 Å². The standard InChI is InChI=1S/C17H24N4S/c1-11(2)21-8-6-5-7-16(21)14-9-15(20-13(4)19-14)17-18-12(3)10-22-17/h9-11,16H,5-8H2,1-4H3. The Morgan fingerprint density at radius 1 is 1.18 bits per heavy atom. The number of aryl methyl sites for hydroxylation is 2. The molecule has 1 aliphatic rings. The van der Waals surface area contributed by atoms with Crippen molar-refractivity contribution in [3.05, 3.63) is 28.7 Å². The molecule has 118 valence electrons. The van der Waals surface area contributed by atoms with Crippen LogP contribution in [0.2, 0.25) is 0 Å². The van der Waals surface area contributed by atoms with Crippen molar-refractivity contribution in [2.75, 3.05) is 6.54 Å². The van der Waals surface area contributed by atoms with Crippen LogP contribution in [0.5, 0.6) is 0 Å². The molecule has 0 aliphatic carbocycles. The molecule has 1 fully saturated rings. The third-order valence-corrected chi connectivity index (χ3v) is 5.23. The average Bonchev–Trinajstić information content (AvgIpc) is 2.93. The Labute approximate surface area is 136 Å². The monoisotopic (exact) mass is 316 g/mol. The largest absolute Gasteiger partial charge is 0.292 e. The van der Waals surface area contributed by atoms with E-state index in [-0.39, 0.29) is 0 Å². The quantitative estimate of drug-likeness (QED) is 0.853. The number of piperidine rings is 1. The summed E-state index contributed by atoms with van der Waals surface area (Å²) in [6, 6.07) is 3.11. The number of likely N-dealkylation sites (tertiary alicyclic amines) is 1. The molecule has 4 nitrogen and oxygen atoms in total. The van der Waals surface area contributed by atoms with Crippen LogP contribution in [0.15, 0.2) is 11.4 Å². The average molecular weight is 316 g/mol. The van der Waals surface area contributed by atoms with Gasteiger partial charge < -0.3 is 0 Å². The van der Waals surface area contributed by atoms with Crippen LogP contribution >= 0.6 is 11.3 Å². The van der Waals surface area contributed by atoms with Crippen LogP contribution in [0, 0.1) is 13.8 Å². The lowest BCUT2D eigenvalue weighted by Gasteiger charge is -2.38. The van der Waals surface area contributed by atoms with Gasteiger partial charge in [0.25, 0.3) is 0 Å². The van der Waals surface area contributed by atoms with Gasteiger partial charge in [0.05, 0.1) is 11.7 Å². The Hall–Kier alpha value is -1.33. The van der Waals surface area contributed by atoms with Crippen LogP contribution in [0.1, 0.15) is 56.4 Å². The maximum atomic E-state index is 4.75. The molecule has 2 aromatic rings. The van der Waals surface area contributed by atoms with E-state index in [0.717, 1.165) is 34.5 Å². The molecule has 22 heavy (non-hydrogen) atoms. The first-order valence-electron chi connectivity index (χ1n) is 8.08. The van der Waals surface area contributed by atoms with Gasteiger partial charge in [-0.25, -0.2) is 15.0 Å². The summed E-state index contributed by atoms with van der Waals surface area (Å²) in [6.45, 7) is 9.72. The van der Waals surface area contributed by atoms with Gasteiger partial charge >= 0.3 is 0 Å². The van der Waals surface area contributed by atoms with E-state index >= 15 is 0 Å². The lowest BCUT2D eigenvalue weighted by molar-refractivity contribution is 0.109. The van der Waals surface area contributed by atoms with E-state index in [1.54, 1.807) is 11.3 Å². The number of aromatic nitrogens is 3. The third-order valence-electron chi connectivity index (χ3n) is 4.24. The molecule has 0 N–H and O–H groups in total. The molecule has 5 heteroatoms. The van der Waals surface area contributed by atoms with Gasteiger partial charge in [0.2, 0.25) is 0 Å². The summed E-state index contributed by atoms with van der Waals surface area (Å²) in [4.78, 5) is 16.5. The van der Waals surface area contributed by atoms with Crippen molar-refractivity contribution < 1.29 is 0 Å². The molecule has 3 heterocycles. The first kappa shape index (κ1) is 15.6. The first-order valence-corrected chi connectivity index (χ1v) is 8.96. The SMILES string of the molecule is Cc1csc(-c2cc(C3CCCCN3C(C)C)nc(C)n2)n1. The van der Waals surface area contributed by atoms with Crippen molar-refractivity contribution in [1.29, 1.82) is 0 Å². The van der Waals surface area contributed by atoms with Gasteiger partial charge in [-0.05, 0) is 53.1 Å². The highest BCUT2D eigenvalue weighted by atomic mass is 32.1. The van der Waals surface area contributed by atoms with E-state index in [4.69, 9.17) is 4.98 Å². The second kappa shape index (κ2) is 6.42. The summed E-state index contributed by atoms with van der Waals surface area (Å²) in [5.74, 6) is 0.842. The molecule has 0 amide bonds. The predicted molar refractivity (Wildman–Crippen MR) is 91.0 cm³/mol. The number of nitrogens with zero attached hydrogens (tertiary/aromatic N) is 4. The number of thiazole rings is 1. The molecule has 1 aliphatic heterocycles. The molecule has 1 saturated heterocycles. The molecule has 0 radical (unpaired) electrons. The summed E-state index contributed by atoms with van der Waals surface area (Å²) in [5, 5.41) is 3.07. The Kier molecular flexibility index (Phi) is 4.54. The van der Waals surface area contributed by atoms with Gasteiger partial charge in [0, 0.05) is 17.1 Å². The zero-order valence-electron chi connectivity index (χ0n) is 13.8. The van der Waals surface area contributed by atoms with Crippen molar-refractivity contribution in [1.82, 2.24) is 19.9 Å². The smallest absolute Gasteiger partial charge is 0.142 e. The number of rotatable bonds is 3. The van der Waals surface area contributed by atoms with E-state index < -0.39 is 0 Å². The fourth-order valence-corrected chi connectivity index (χ4v) is 3.99. The summed E-state index contributed by atoms with van der Waals surface area (Å²) >= 11 is 1.66. The maximum Gasteiger partial charge on any atom is 0.142 e. The highest BCUT2D eigenvalue weighted by Crippen LogP contribution is 2.33. The number of hydrogen-bond donors (Lipinski definition) is 0. The van der Waals surface area contributed by atoms with Crippen LogP contribution in [-0.2, 0) is 0 Å². The molecular weight excluding hydrogens is 292 g/mol. The maximum absolute atomic E-state index is 4.75. The molecule has 0 bridgehead atoms. The Bertz CT molecular complexity index is 650. The van der Waals surface area contributed by atoms with Crippen LogP contribution in [0.25, 0.3) is 10.7 Å². The first-order chi connectivity index (χ1) is 10.5. The molecule has 0 spiro atoms. The van der Waals surface area contributed by atoms with Gasteiger partial charge in [0.1, 0.15) is 16.5 Å². The van der Waals surface area contributed by atoms with Gasteiger partial charge in [-0.15, -0.1) is 11.3 Å². The molecule has 0 aromatic carbocycles. The highest BCUT2D eigenvalue weighted by Gasteiger charge is 2.27. The topological polar surface area (TPSA) is 41.9 Å². The Morgan fingerprint density at radius 3 is 2.68 bits per heavy atom. The van der Waals surface area contributed by atoms with Gasteiger partial charge in [0.15, 0.2) is 0 Å². The fourth-order valence-electron chi connectivity index (χ4n) is 3.23. The van der Waals surface area contributed by atoms with Crippen molar-refractivity contribution in [3.8, 4) is 10.7 Å². The van der Waals surface area contributed by atoms with Crippen molar-refractivity contribution >= 4 is 11.3 Å². The minimum absolute atomic E-state index is 0.412. The lowest BCUT2D eigenvalue weighted by atomic mass is 9.97. The van der Waals surface area contributed by atoms with E-state index in [1.807, 2.05) is 13.8 Å². The summed E-state index contributed by atoms with van der Waals surface area (Å²) in [6.07, 6.45) is 3.75. The van der Waals surface area contributed by atoms with Crippen LogP contribution in [0.4, 0.5) is 0 Å². The highest BCUT2D eigenvalue weighted by molar-refractivity contribution is 7.13.